The largest absolute Gasteiger partial charge is 0.342 e. The molecular weight excluding hydrogens is 284 g/mol. The van der Waals surface area contributed by atoms with Crippen molar-refractivity contribution >= 4 is 18.3 Å². The number of nitrogens with one attached hydrogen (secondary N) is 1. The predicted molar refractivity (Wildman–Crippen MR) is 90.8 cm³/mol. The van der Waals surface area contributed by atoms with E-state index in [0.29, 0.717) is 5.91 Å². The Labute approximate surface area is 136 Å². The zero-order chi connectivity index (χ0) is 14.4. The van der Waals surface area contributed by atoms with Crippen LogP contribution in [0.5, 0.6) is 0 Å². The van der Waals surface area contributed by atoms with E-state index in [1.807, 2.05) is 7.05 Å². The first-order chi connectivity index (χ1) is 9.70. The molecule has 21 heavy (non-hydrogen) atoms. The lowest BCUT2D eigenvalue weighted by atomic mass is 9.90. The fourth-order valence-electron chi connectivity index (χ4n) is 3.95. The van der Waals surface area contributed by atoms with E-state index in [9.17, 15) is 4.79 Å². The van der Waals surface area contributed by atoms with Crippen LogP contribution in [0.4, 0.5) is 0 Å². The Bertz CT molecular complexity index is 297. The van der Waals surface area contributed by atoms with E-state index in [-0.39, 0.29) is 18.3 Å². The number of amides is 1. The molecule has 4 heteroatoms. The molecule has 2 rings (SSSR count). The smallest absolute Gasteiger partial charge is 0.225 e. The molecule has 0 radical (unpaired) electrons. The minimum atomic E-state index is 0. The molecule has 1 amide bonds. The van der Waals surface area contributed by atoms with Crippen LogP contribution in [0.15, 0.2) is 0 Å². The van der Waals surface area contributed by atoms with Gasteiger partial charge in [-0.15, -0.1) is 12.4 Å². The Morgan fingerprint density at radius 2 is 1.76 bits per heavy atom. The maximum absolute atomic E-state index is 12.5. The highest BCUT2D eigenvalue weighted by atomic mass is 35.5. The third-order valence-electron chi connectivity index (χ3n) is 5.31. The molecule has 1 saturated heterocycles. The topological polar surface area (TPSA) is 32.3 Å². The Morgan fingerprint density at radius 1 is 1.14 bits per heavy atom. The van der Waals surface area contributed by atoms with E-state index in [1.54, 1.807) is 0 Å². The van der Waals surface area contributed by atoms with Gasteiger partial charge in [0.2, 0.25) is 5.91 Å². The fraction of sp³-hybridized carbons (Fsp3) is 0.941. The van der Waals surface area contributed by atoms with Gasteiger partial charge in [0.1, 0.15) is 0 Å². The zero-order valence-corrected chi connectivity index (χ0v) is 14.6. The summed E-state index contributed by atoms with van der Waals surface area (Å²) in [5.74, 6) is 2.30. The second kappa shape index (κ2) is 9.68. The highest BCUT2D eigenvalue weighted by Gasteiger charge is 2.28. The molecular formula is C17H33ClN2O. The highest BCUT2D eigenvalue weighted by molar-refractivity contribution is 5.85. The molecule has 0 aromatic heterocycles. The van der Waals surface area contributed by atoms with Crippen LogP contribution in [-0.4, -0.2) is 37.5 Å². The maximum Gasteiger partial charge on any atom is 0.225 e. The van der Waals surface area contributed by atoms with Gasteiger partial charge in [0.05, 0.1) is 0 Å². The molecule has 0 aromatic carbocycles. The SMILES string of the molecule is CNCCC1CCN(C(=O)C(C)CC2CCCC2)CC1.Cl. The van der Waals surface area contributed by atoms with Crippen molar-refractivity contribution in [1.82, 2.24) is 10.2 Å². The van der Waals surface area contributed by atoms with Gasteiger partial charge in [0.15, 0.2) is 0 Å². The van der Waals surface area contributed by atoms with Gasteiger partial charge in [-0.1, -0.05) is 32.6 Å². The molecule has 2 fully saturated rings. The van der Waals surface area contributed by atoms with E-state index in [4.69, 9.17) is 0 Å². The molecule has 1 aliphatic heterocycles. The number of carbonyl (C=O) groups is 1. The lowest BCUT2D eigenvalue weighted by Crippen LogP contribution is -2.41. The lowest BCUT2D eigenvalue weighted by molar-refractivity contribution is -0.137. The minimum absolute atomic E-state index is 0. The van der Waals surface area contributed by atoms with Gasteiger partial charge in [0, 0.05) is 19.0 Å². The van der Waals surface area contributed by atoms with Gasteiger partial charge in [-0.25, -0.2) is 0 Å². The van der Waals surface area contributed by atoms with E-state index < -0.39 is 0 Å². The van der Waals surface area contributed by atoms with Crippen LogP contribution in [0, 0.1) is 17.8 Å². The van der Waals surface area contributed by atoms with Crippen LogP contribution in [-0.2, 0) is 4.79 Å². The molecule has 1 atom stereocenters. The van der Waals surface area contributed by atoms with Gasteiger partial charge in [-0.2, -0.15) is 0 Å². The van der Waals surface area contributed by atoms with Crippen molar-refractivity contribution in [2.75, 3.05) is 26.7 Å². The van der Waals surface area contributed by atoms with Crippen molar-refractivity contribution in [3.05, 3.63) is 0 Å². The normalized spacial score (nSPS) is 22.1. The summed E-state index contributed by atoms with van der Waals surface area (Å²) in [7, 11) is 2.02. The maximum atomic E-state index is 12.5. The molecule has 0 bridgehead atoms. The molecule has 0 aromatic rings. The van der Waals surface area contributed by atoms with E-state index in [0.717, 1.165) is 37.9 Å². The second-order valence-electron chi connectivity index (χ2n) is 6.95. The van der Waals surface area contributed by atoms with Crippen LogP contribution in [0.2, 0.25) is 0 Å². The second-order valence-corrected chi connectivity index (χ2v) is 6.95. The number of carbonyl (C=O) groups excluding carboxylic acids is 1. The molecule has 1 N–H and O–H groups in total. The van der Waals surface area contributed by atoms with Crippen molar-refractivity contribution in [3.8, 4) is 0 Å². The average molecular weight is 317 g/mol. The van der Waals surface area contributed by atoms with Crippen LogP contribution in [0.3, 0.4) is 0 Å². The summed E-state index contributed by atoms with van der Waals surface area (Å²) in [5, 5.41) is 3.23. The number of rotatable bonds is 6. The first kappa shape index (κ1) is 18.8. The number of hydrogen-bond acceptors (Lipinski definition) is 2. The van der Waals surface area contributed by atoms with Crippen molar-refractivity contribution in [3.63, 3.8) is 0 Å². The van der Waals surface area contributed by atoms with Crippen molar-refractivity contribution < 1.29 is 4.79 Å². The third kappa shape index (κ3) is 5.78. The summed E-state index contributed by atoms with van der Waals surface area (Å²) < 4.78 is 0. The molecule has 1 saturated carbocycles. The number of halogens is 1. The monoisotopic (exact) mass is 316 g/mol. The summed E-state index contributed by atoms with van der Waals surface area (Å²) in [6.07, 6.45) is 10.2. The molecule has 1 aliphatic carbocycles. The third-order valence-corrected chi connectivity index (χ3v) is 5.31. The van der Waals surface area contributed by atoms with Gasteiger partial charge in [-0.3, -0.25) is 4.79 Å². The average Bonchev–Trinajstić information content (AvgIpc) is 2.97. The van der Waals surface area contributed by atoms with Crippen molar-refractivity contribution in [2.45, 2.75) is 58.3 Å². The summed E-state index contributed by atoms with van der Waals surface area (Å²) >= 11 is 0. The minimum Gasteiger partial charge on any atom is -0.342 e. The number of likely N-dealkylation sites (tertiary alicyclic amines) is 1. The predicted octanol–water partition coefficient (Wildman–Crippen LogP) is 3.47. The Morgan fingerprint density at radius 3 is 2.33 bits per heavy atom. The van der Waals surface area contributed by atoms with E-state index in [1.165, 1.54) is 44.9 Å². The zero-order valence-electron chi connectivity index (χ0n) is 13.8. The Hall–Kier alpha value is -0.280. The molecule has 124 valence electrons. The molecule has 1 heterocycles. The first-order valence-electron chi connectivity index (χ1n) is 8.64. The number of piperidine rings is 1. The Balaban J connectivity index is 0.00000220. The number of hydrogen-bond donors (Lipinski definition) is 1. The molecule has 2 aliphatic rings. The molecule has 0 spiro atoms. The van der Waals surface area contributed by atoms with Gasteiger partial charge < -0.3 is 10.2 Å². The van der Waals surface area contributed by atoms with Gasteiger partial charge in [0.25, 0.3) is 0 Å². The van der Waals surface area contributed by atoms with Gasteiger partial charge >= 0.3 is 0 Å². The molecule has 3 nitrogen and oxygen atoms in total. The van der Waals surface area contributed by atoms with E-state index >= 15 is 0 Å². The fourth-order valence-corrected chi connectivity index (χ4v) is 3.95. The summed E-state index contributed by atoms with van der Waals surface area (Å²) in [4.78, 5) is 14.7. The van der Waals surface area contributed by atoms with Crippen LogP contribution >= 0.6 is 12.4 Å². The summed E-state index contributed by atoms with van der Waals surface area (Å²) in [6.45, 7) is 5.23. The van der Waals surface area contributed by atoms with Crippen LogP contribution in [0.25, 0.3) is 0 Å². The highest BCUT2D eigenvalue weighted by Crippen LogP contribution is 2.31. The van der Waals surface area contributed by atoms with Crippen LogP contribution in [0.1, 0.15) is 58.3 Å². The standard InChI is InChI=1S/C17H32N2O.ClH/c1-14(13-16-5-3-4-6-16)17(20)19-11-8-15(9-12-19)7-10-18-2;/h14-16,18H,3-13H2,1-2H3;1H. The first-order valence-corrected chi connectivity index (χ1v) is 8.64. The van der Waals surface area contributed by atoms with Gasteiger partial charge in [-0.05, 0) is 51.1 Å². The van der Waals surface area contributed by atoms with Crippen LogP contribution < -0.4 is 5.32 Å². The lowest BCUT2D eigenvalue weighted by Gasteiger charge is -2.34. The molecule has 1 unspecified atom stereocenters. The van der Waals surface area contributed by atoms with Crippen molar-refractivity contribution in [1.29, 1.82) is 0 Å². The summed E-state index contributed by atoms with van der Waals surface area (Å²) in [5.41, 5.74) is 0. The number of nitrogens with zero attached hydrogens (tertiary/aromatic N) is 1. The summed E-state index contributed by atoms with van der Waals surface area (Å²) in [6, 6.07) is 0. The van der Waals surface area contributed by atoms with E-state index in [2.05, 4.69) is 17.1 Å². The van der Waals surface area contributed by atoms with Crippen molar-refractivity contribution in [2.24, 2.45) is 17.8 Å². The quantitative estimate of drug-likeness (QED) is 0.813. The Kier molecular flexibility index (Phi) is 8.65.